The molecule has 0 saturated carbocycles. The molecule has 7 nitrogen and oxygen atoms in total. The van der Waals surface area contributed by atoms with E-state index in [1.807, 2.05) is 24.3 Å². The van der Waals surface area contributed by atoms with Crippen LogP contribution in [-0.2, 0) is 4.74 Å². The third kappa shape index (κ3) is 4.16. The lowest BCUT2D eigenvalue weighted by Crippen LogP contribution is -2.28. The number of nitrogens with zero attached hydrogens (tertiary/aromatic N) is 2. The van der Waals surface area contributed by atoms with Crippen molar-refractivity contribution in [2.45, 2.75) is 18.9 Å². The van der Waals surface area contributed by atoms with Crippen LogP contribution in [0, 0.1) is 11.3 Å². The minimum absolute atomic E-state index is 0.0514. The van der Waals surface area contributed by atoms with Gasteiger partial charge in [0, 0.05) is 30.0 Å². The van der Waals surface area contributed by atoms with Crippen molar-refractivity contribution in [3.05, 3.63) is 71.9 Å². The Morgan fingerprint density at radius 2 is 1.94 bits per heavy atom. The van der Waals surface area contributed by atoms with Crippen LogP contribution in [0.1, 0.15) is 28.8 Å². The van der Waals surface area contributed by atoms with Gasteiger partial charge in [-0.1, -0.05) is 18.2 Å². The Bertz CT molecular complexity index is 1360. The number of hydrogen-bond acceptors (Lipinski definition) is 6. The molecule has 2 aromatic heterocycles. The number of hydrogen-bond donors (Lipinski definition) is 1. The van der Waals surface area contributed by atoms with E-state index in [0.29, 0.717) is 34.8 Å². The summed E-state index contributed by atoms with van der Waals surface area (Å²) in [5, 5.41) is 18.8. The highest BCUT2D eigenvalue weighted by Gasteiger charge is 2.19. The summed E-state index contributed by atoms with van der Waals surface area (Å²) >= 11 is 0. The first kappa shape index (κ1) is 20.7. The first-order valence-electron chi connectivity index (χ1n) is 10.6. The number of aromatic nitrogens is 1. The molecule has 0 bridgehead atoms. The van der Waals surface area contributed by atoms with E-state index in [9.17, 15) is 10.1 Å². The van der Waals surface area contributed by atoms with Crippen LogP contribution in [0.15, 0.2) is 65.2 Å². The predicted octanol–water partition coefficient (Wildman–Crippen LogP) is 5.29. The molecule has 33 heavy (non-hydrogen) atoms. The second-order valence-corrected chi connectivity index (χ2v) is 7.85. The van der Waals surface area contributed by atoms with Crippen molar-refractivity contribution in [2.75, 3.05) is 13.2 Å². The van der Waals surface area contributed by atoms with Crippen LogP contribution in [0.5, 0.6) is 5.75 Å². The molecule has 7 heteroatoms. The van der Waals surface area contributed by atoms with E-state index < -0.39 is 5.97 Å². The summed E-state index contributed by atoms with van der Waals surface area (Å²) in [6, 6.07) is 17.9. The number of carbonyl (C=O) groups is 1. The summed E-state index contributed by atoms with van der Waals surface area (Å²) in [4.78, 5) is 15.5. The third-order valence-electron chi connectivity index (χ3n) is 5.65. The highest BCUT2D eigenvalue weighted by atomic mass is 16.5. The molecule has 1 unspecified atom stereocenters. The van der Waals surface area contributed by atoms with Gasteiger partial charge in [-0.3, -0.25) is 4.98 Å². The molecule has 1 aliphatic heterocycles. The van der Waals surface area contributed by atoms with Crippen molar-refractivity contribution in [2.24, 2.45) is 0 Å². The molecule has 1 N–H and O–H groups in total. The second-order valence-electron chi connectivity index (χ2n) is 7.85. The fourth-order valence-electron chi connectivity index (χ4n) is 3.96. The summed E-state index contributed by atoms with van der Waals surface area (Å²) in [6.07, 6.45) is 3.49. The number of benzene rings is 2. The zero-order valence-corrected chi connectivity index (χ0v) is 17.7. The Morgan fingerprint density at radius 3 is 2.67 bits per heavy atom. The number of ether oxygens (including phenoxy) is 2. The SMILES string of the molecule is N#Cc1cc(-c2ccnc3cc(-c4ccc(C(=O)O)cc4)oc23)ccc1OC1CCCOC1. The number of rotatable bonds is 5. The van der Waals surface area contributed by atoms with Gasteiger partial charge in [-0.15, -0.1) is 0 Å². The van der Waals surface area contributed by atoms with Gasteiger partial charge in [0.2, 0.25) is 0 Å². The van der Waals surface area contributed by atoms with Crippen LogP contribution in [0.2, 0.25) is 0 Å². The first-order chi connectivity index (χ1) is 16.1. The van der Waals surface area contributed by atoms with Crippen molar-refractivity contribution >= 4 is 17.1 Å². The summed E-state index contributed by atoms with van der Waals surface area (Å²) in [5.41, 5.74) is 4.28. The zero-order valence-electron chi connectivity index (χ0n) is 17.7. The topological polar surface area (TPSA) is 106 Å². The lowest BCUT2D eigenvalue weighted by Gasteiger charge is -2.23. The van der Waals surface area contributed by atoms with Gasteiger partial charge in [0.15, 0.2) is 5.58 Å². The lowest BCUT2D eigenvalue weighted by atomic mass is 10.0. The fraction of sp³-hybridized carbons (Fsp3) is 0.192. The molecule has 1 fully saturated rings. The summed E-state index contributed by atoms with van der Waals surface area (Å²) < 4.78 is 17.6. The van der Waals surface area contributed by atoms with E-state index in [1.165, 1.54) is 12.1 Å². The van der Waals surface area contributed by atoms with E-state index in [2.05, 4.69) is 11.1 Å². The van der Waals surface area contributed by atoms with Gasteiger partial charge in [-0.2, -0.15) is 5.26 Å². The van der Waals surface area contributed by atoms with Gasteiger partial charge < -0.3 is 19.0 Å². The molecule has 164 valence electrons. The molecule has 5 rings (SSSR count). The van der Waals surface area contributed by atoms with Crippen molar-refractivity contribution in [1.29, 1.82) is 5.26 Å². The fourth-order valence-corrected chi connectivity index (χ4v) is 3.96. The van der Waals surface area contributed by atoms with Crippen LogP contribution in [-0.4, -0.2) is 35.4 Å². The quantitative estimate of drug-likeness (QED) is 0.449. The van der Waals surface area contributed by atoms with Crippen LogP contribution in [0.4, 0.5) is 0 Å². The average molecular weight is 440 g/mol. The molecule has 3 heterocycles. The van der Waals surface area contributed by atoms with Gasteiger partial charge in [0.1, 0.15) is 29.2 Å². The van der Waals surface area contributed by atoms with Crippen molar-refractivity contribution in [1.82, 2.24) is 4.98 Å². The Balaban J connectivity index is 1.49. The molecule has 1 aliphatic rings. The molecule has 1 atom stereocenters. The number of nitriles is 1. The van der Waals surface area contributed by atoms with Crippen molar-refractivity contribution < 1.29 is 23.8 Å². The van der Waals surface area contributed by atoms with E-state index in [1.54, 1.807) is 24.4 Å². The highest BCUT2D eigenvalue weighted by molar-refractivity contribution is 5.93. The predicted molar refractivity (Wildman–Crippen MR) is 121 cm³/mol. The highest BCUT2D eigenvalue weighted by Crippen LogP contribution is 2.35. The normalized spacial score (nSPS) is 15.8. The Labute approximate surface area is 189 Å². The first-order valence-corrected chi connectivity index (χ1v) is 10.6. The van der Waals surface area contributed by atoms with E-state index in [-0.39, 0.29) is 11.7 Å². The maximum atomic E-state index is 11.1. The average Bonchev–Trinajstić information content (AvgIpc) is 3.29. The second kappa shape index (κ2) is 8.77. The van der Waals surface area contributed by atoms with Gasteiger partial charge in [-0.05, 0) is 48.7 Å². The van der Waals surface area contributed by atoms with Crippen LogP contribution in [0.3, 0.4) is 0 Å². The third-order valence-corrected chi connectivity index (χ3v) is 5.65. The van der Waals surface area contributed by atoms with Crippen molar-refractivity contribution in [3.8, 4) is 34.3 Å². The van der Waals surface area contributed by atoms with Crippen molar-refractivity contribution in [3.63, 3.8) is 0 Å². The molecular weight excluding hydrogens is 420 g/mol. The maximum absolute atomic E-state index is 11.1. The molecule has 0 radical (unpaired) electrons. The minimum atomic E-state index is -0.980. The molecule has 0 aliphatic carbocycles. The number of carboxylic acids is 1. The Hall–Kier alpha value is -4.15. The summed E-state index contributed by atoms with van der Waals surface area (Å²) in [7, 11) is 0. The van der Waals surface area contributed by atoms with Gasteiger partial charge in [-0.25, -0.2) is 4.79 Å². The Kier molecular flexibility index (Phi) is 5.51. The van der Waals surface area contributed by atoms with E-state index in [4.69, 9.17) is 19.0 Å². The number of carboxylic acid groups (broad SMARTS) is 1. The molecule has 0 amide bonds. The number of furan rings is 1. The summed E-state index contributed by atoms with van der Waals surface area (Å²) in [6.45, 7) is 1.27. The minimum Gasteiger partial charge on any atom is -0.487 e. The molecule has 0 spiro atoms. The molecule has 2 aromatic carbocycles. The van der Waals surface area contributed by atoms with Crippen LogP contribution < -0.4 is 4.74 Å². The van der Waals surface area contributed by atoms with Gasteiger partial charge >= 0.3 is 5.97 Å². The van der Waals surface area contributed by atoms with Crippen LogP contribution in [0.25, 0.3) is 33.6 Å². The standard InChI is InChI=1S/C26H20N2O5/c27-14-19-12-18(7-8-23(19)32-20-2-1-11-31-15-20)21-9-10-28-22-13-24(33-25(21)22)16-3-5-17(6-4-16)26(29)30/h3-10,12-13,20H,1-2,11,15H2,(H,29,30). The smallest absolute Gasteiger partial charge is 0.335 e. The Morgan fingerprint density at radius 1 is 1.12 bits per heavy atom. The largest absolute Gasteiger partial charge is 0.487 e. The van der Waals surface area contributed by atoms with E-state index >= 15 is 0 Å². The van der Waals surface area contributed by atoms with Crippen LogP contribution >= 0.6 is 0 Å². The van der Waals surface area contributed by atoms with E-state index in [0.717, 1.165) is 36.1 Å². The molecule has 1 saturated heterocycles. The lowest BCUT2D eigenvalue weighted by molar-refractivity contribution is 0.00732. The molecule has 4 aromatic rings. The number of aromatic carboxylic acids is 1. The zero-order chi connectivity index (χ0) is 22.8. The monoisotopic (exact) mass is 440 g/mol. The maximum Gasteiger partial charge on any atom is 0.335 e. The molecular formula is C26H20N2O5. The summed E-state index contributed by atoms with van der Waals surface area (Å²) in [5.74, 6) is 0.146. The number of fused-ring (bicyclic) bond motifs is 1. The number of pyridine rings is 1. The van der Waals surface area contributed by atoms with Gasteiger partial charge in [0.25, 0.3) is 0 Å². The van der Waals surface area contributed by atoms with Gasteiger partial charge in [0.05, 0.1) is 17.7 Å².